The van der Waals surface area contributed by atoms with Crippen molar-refractivity contribution in [2.45, 2.75) is 25.4 Å². The Balaban J connectivity index is 1.48. The molecule has 2 amide bonds. The summed E-state index contributed by atoms with van der Waals surface area (Å²) in [4.78, 5) is 27.7. The molecule has 1 aliphatic rings. The summed E-state index contributed by atoms with van der Waals surface area (Å²) >= 11 is 5.89. The van der Waals surface area contributed by atoms with Crippen LogP contribution in [-0.4, -0.2) is 47.1 Å². The number of anilines is 3. The third-order valence-electron chi connectivity index (χ3n) is 6.54. The van der Waals surface area contributed by atoms with Crippen LogP contribution in [0.3, 0.4) is 0 Å². The lowest BCUT2D eigenvalue weighted by Gasteiger charge is -2.25. The third-order valence-corrected chi connectivity index (χ3v) is 6.83. The molecule has 1 fully saturated rings. The summed E-state index contributed by atoms with van der Waals surface area (Å²) in [6, 6.07) is 18.8. The molecule has 3 aromatic rings. The zero-order valence-corrected chi connectivity index (χ0v) is 22.6. The first-order valence-corrected chi connectivity index (χ1v) is 13.0. The first-order valence-electron chi connectivity index (χ1n) is 12.6. The van der Waals surface area contributed by atoms with Crippen LogP contribution in [0.1, 0.15) is 30.9 Å². The fraction of sp³-hybridized carbons (Fsp3) is 0.267. The number of rotatable bonds is 8. The van der Waals surface area contributed by atoms with Crippen molar-refractivity contribution in [3.63, 3.8) is 0 Å². The molecule has 0 aromatic heterocycles. The first kappa shape index (κ1) is 28.3. The number of para-hydroxylation sites is 2. The number of likely N-dealkylation sites (tertiary alicyclic amines) is 1. The molecule has 0 bridgehead atoms. The van der Waals surface area contributed by atoms with Crippen LogP contribution in [0.25, 0.3) is 6.08 Å². The number of halogens is 2. The van der Waals surface area contributed by atoms with Gasteiger partial charge in [0.1, 0.15) is 5.82 Å². The number of nitrogens with zero attached hydrogens (tertiary/aromatic N) is 1. The van der Waals surface area contributed by atoms with Gasteiger partial charge in [0.15, 0.2) is 0 Å². The zero-order valence-electron chi connectivity index (χ0n) is 21.8. The van der Waals surface area contributed by atoms with Crippen LogP contribution in [0, 0.1) is 11.7 Å². The SMILES string of the molecule is CC(C)(O)CN1CC(C(=O)Nc2ccc(F)c(Cl)c2)C(c2ccc(C=CC(=O)Nc3ccccc3N)cc2)C1. The molecule has 2 unspecified atom stereocenters. The van der Waals surface area contributed by atoms with Crippen LogP contribution in [-0.2, 0) is 9.59 Å². The molecule has 39 heavy (non-hydrogen) atoms. The molecule has 4 rings (SSSR count). The second-order valence-corrected chi connectivity index (χ2v) is 10.8. The zero-order chi connectivity index (χ0) is 28.2. The molecule has 5 N–H and O–H groups in total. The van der Waals surface area contributed by atoms with Crippen LogP contribution >= 0.6 is 11.6 Å². The lowest BCUT2D eigenvalue weighted by atomic mass is 9.88. The van der Waals surface area contributed by atoms with E-state index in [0.717, 1.165) is 11.1 Å². The molecule has 1 saturated heterocycles. The topological polar surface area (TPSA) is 108 Å². The number of benzene rings is 3. The summed E-state index contributed by atoms with van der Waals surface area (Å²) in [5.74, 6) is -1.60. The Labute approximate surface area is 232 Å². The first-order chi connectivity index (χ1) is 18.5. The highest BCUT2D eigenvalue weighted by molar-refractivity contribution is 6.31. The molecule has 0 spiro atoms. The summed E-state index contributed by atoms with van der Waals surface area (Å²) < 4.78 is 13.6. The average Bonchev–Trinajstić information content (AvgIpc) is 3.29. The maximum Gasteiger partial charge on any atom is 0.248 e. The smallest absolute Gasteiger partial charge is 0.248 e. The summed E-state index contributed by atoms with van der Waals surface area (Å²) in [5, 5.41) is 15.9. The number of carbonyl (C=O) groups excluding carboxylic acids is 2. The van der Waals surface area contributed by atoms with Gasteiger partial charge < -0.3 is 21.5 Å². The van der Waals surface area contributed by atoms with Gasteiger partial charge in [0, 0.05) is 37.3 Å². The van der Waals surface area contributed by atoms with Gasteiger partial charge >= 0.3 is 0 Å². The van der Waals surface area contributed by atoms with Gasteiger partial charge in [-0.25, -0.2) is 4.39 Å². The quantitative estimate of drug-likeness (QED) is 0.229. The molecule has 9 heteroatoms. The molecule has 7 nitrogen and oxygen atoms in total. The molecule has 3 aromatic carbocycles. The number of hydrogen-bond donors (Lipinski definition) is 4. The van der Waals surface area contributed by atoms with Crippen molar-refractivity contribution in [2.24, 2.45) is 5.92 Å². The molecular weight excluding hydrogens is 519 g/mol. The van der Waals surface area contributed by atoms with E-state index in [1.54, 1.807) is 44.2 Å². The highest BCUT2D eigenvalue weighted by Crippen LogP contribution is 2.35. The minimum absolute atomic E-state index is 0.0657. The molecule has 0 saturated carbocycles. The standard InChI is InChI=1S/C30H32ClFN4O3/c1-30(2,39)18-36-16-22(23(17-36)29(38)34-21-12-13-25(32)24(31)15-21)20-10-7-19(8-11-20)9-14-28(37)35-27-6-4-3-5-26(27)33/h3-15,22-23,39H,16-18,33H2,1-2H3,(H,34,38)(H,35,37). The maximum atomic E-state index is 13.6. The fourth-order valence-electron chi connectivity index (χ4n) is 4.79. The van der Waals surface area contributed by atoms with Crippen molar-refractivity contribution >= 4 is 46.6 Å². The van der Waals surface area contributed by atoms with Crippen molar-refractivity contribution in [3.8, 4) is 0 Å². The van der Waals surface area contributed by atoms with E-state index >= 15 is 0 Å². The predicted molar refractivity (Wildman–Crippen MR) is 154 cm³/mol. The minimum atomic E-state index is -0.917. The van der Waals surface area contributed by atoms with E-state index < -0.39 is 17.3 Å². The Hall–Kier alpha value is -3.72. The van der Waals surface area contributed by atoms with Gasteiger partial charge in [-0.1, -0.05) is 48.0 Å². The molecule has 1 heterocycles. The molecule has 2 atom stereocenters. The number of aliphatic hydroxyl groups is 1. The Bertz CT molecular complexity index is 1370. The van der Waals surface area contributed by atoms with E-state index in [2.05, 4.69) is 15.5 Å². The fourth-order valence-corrected chi connectivity index (χ4v) is 4.97. The van der Waals surface area contributed by atoms with E-state index in [9.17, 15) is 19.1 Å². The molecule has 204 valence electrons. The number of β-amino-alcohol motifs (C(OH)–C–C–N with tert-alkyl or cyclic N) is 1. The largest absolute Gasteiger partial charge is 0.397 e. The van der Waals surface area contributed by atoms with E-state index in [1.807, 2.05) is 24.3 Å². The van der Waals surface area contributed by atoms with Gasteiger partial charge in [-0.3, -0.25) is 14.5 Å². The van der Waals surface area contributed by atoms with Crippen LogP contribution < -0.4 is 16.4 Å². The number of hydrogen-bond acceptors (Lipinski definition) is 5. The van der Waals surface area contributed by atoms with Gasteiger partial charge in [-0.2, -0.15) is 0 Å². The van der Waals surface area contributed by atoms with Crippen LogP contribution in [0.4, 0.5) is 21.5 Å². The summed E-state index contributed by atoms with van der Waals surface area (Å²) in [6.07, 6.45) is 3.14. The summed E-state index contributed by atoms with van der Waals surface area (Å²) in [7, 11) is 0. The predicted octanol–water partition coefficient (Wildman–Crippen LogP) is 5.14. The monoisotopic (exact) mass is 550 g/mol. The number of nitrogens with one attached hydrogen (secondary N) is 2. The van der Waals surface area contributed by atoms with Gasteiger partial charge in [0.05, 0.1) is 27.9 Å². The number of amides is 2. The highest BCUT2D eigenvalue weighted by Gasteiger charge is 2.39. The van der Waals surface area contributed by atoms with Gasteiger partial charge in [0.25, 0.3) is 0 Å². The number of nitrogen functional groups attached to an aromatic ring is 1. The van der Waals surface area contributed by atoms with E-state index in [4.69, 9.17) is 17.3 Å². The number of carbonyl (C=O) groups is 2. The second kappa shape index (κ2) is 12.0. The molecule has 1 aliphatic heterocycles. The summed E-state index contributed by atoms with van der Waals surface area (Å²) in [5.41, 5.74) is 8.20. The third kappa shape index (κ3) is 7.66. The normalized spacial score (nSPS) is 17.9. The Morgan fingerprint density at radius 3 is 2.49 bits per heavy atom. The molecule has 0 aliphatic carbocycles. The van der Waals surface area contributed by atoms with Crippen molar-refractivity contribution in [3.05, 3.63) is 94.8 Å². The average molecular weight is 551 g/mol. The lowest BCUT2D eigenvalue weighted by Crippen LogP contribution is -2.38. The maximum absolute atomic E-state index is 13.6. The Kier molecular flexibility index (Phi) is 8.70. The van der Waals surface area contributed by atoms with Gasteiger partial charge in [-0.15, -0.1) is 0 Å². The molecule has 0 radical (unpaired) electrons. The molecular formula is C30H32ClFN4O3. The van der Waals surface area contributed by atoms with E-state index in [1.165, 1.54) is 24.3 Å². The second-order valence-electron chi connectivity index (χ2n) is 10.4. The van der Waals surface area contributed by atoms with Crippen molar-refractivity contribution < 1.29 is 19.1 Å². The van der Waals surface area contributed by atoms with Crippen molar-refractivity contribution in [1.29, 1.82) is 0 Å². The van der Waals surface area contributed by atoms with Gasteiger partial charge in [0.2, 0.25) is 11.8 Å². The van der Waals surface area contributed by atoms with Gasteiger partial charge in [-0.05, 0) is 61.4 Å². The lowest BCUT2D eigenvalue weighted by molar-refractivity contribution is -0.120. The van der Waals surface area contributed by atoms with E-state index in [-0.39, 0.29) is 22.8 Å². The summed E-state index contributed by atoms with van der Waals surface area (Å²) in [6.45, 7) is 4.93. The minimum Gasteiger partial charge on any atom is -0.397 e. The Morgan fingerprint density at radius 2 is 1.82 bits per heavy atom. The van der Waals surface area contributed by atoms with E-state index in [0.29, 0.717) is 36.7 Å². The van der Waals surface area contributed by atoms with Crippen LogP contribution in [0.15, 0.2) is 72.8 Å². The van der Waals surface area contributed by atoms with Crippen LogP contribution in [0.5, 0.6) is 0 Å². The van der Waals surface area contributed by atoms with Crippen LogP contribution in [0.2, 0.25) is 5.02 Å². The number of nitrogens with two attached hydrogens (primary N) is 1. The van der Waals surface area contributed by atoms with Crippen molar-refractivity contribution in [2.75, 3.05) is 36.0 Å². The Morgan fingerprint density at radius 1 is 1.10 bits per heavy atom. The van der Waals surface area contributed by atoms with Crippen molar-refractivity contribution in [1.82, 2.24) is 4.90 Å². The highest BCUT2D eigenvalue weighted by atomic mass is 35.5.